The fourth-order valence-corrected chi connectivity index (χ4v) is 4.75. The third-order valence-electron chi connectivity index (χ3n) is 6.26. The minimum atomic E-state index is -0.555. The van der Waals surface area contributed by atoms with Crippen LogP contribution in [0.2, 0.25) is 5.02 Å². The normalized spacial score (nSPS) is 17.5. The van der Waals surface area contributed by atoms with E-state index in [1.165, 1.54) is 0 Å². The number of hydrogen-bond acceptors (Lipinski definition) is 5. The molecule has 1 unspecified atom stereocenters. The van der Waals surface area contributed by atoms with Gasteiger partial charge in [0.05, 0.1) is 13.0 Å². The summed E-state index contributed by atoms with van der Waals surface area (Å²) in [5.74, 6) is 1.56. The first kappa shape index (κ1) is 22.8. The highest BCUT2D eigenvalue weighted by atomic mass is 35.5. The van der Waals surface area contributed by atoms with Crippen molar-refractivity contribution in [1.29, 1.82) is 5.26 Å². The molecule has 7 heteroatoms. The number of rotatable bonds is 6. The molecule has 0 bridgehead atoms. The van der Waals surface area contributed by atoms with E-state index in [1.807, 2.05) is 60.9 Å². The molecule has 0 radical (unpaired) electrons. The first-order valence-corrected chi connectivity index (χ1v) is 11.7. The van der Waals surface area contributed by atoms with Gasteiger partial charge in [-0.3, -0.25) is 9.36 Å². The molecule has 1 aromatic heterocycles. The summed E-state index contributed by atoms with van der Waals surface area (Å²) in [4.78, 5) is 13.0. The van der Waals surface area contributed by atoms with E-state index < -0.39 is 5.92 Å². The van der Waals surface area contributed by atoms with Crippen molar-refractivity contribution in [1.82, 2.24) is 4.57 Å². The highest BCUT2D eigenvalue weighted by Gasteiger charge is 2.39. The second-order valence-electron chi connectivity index (χ2n) is 8.36. The number of benzene rings is 2. The minimum absolute atomic E-state index is 0.00793. The van der Waals surface area contributed by atoms with E-state index in [0.717, 1.165) is 17.5 Å². The summed E-state index contributed by atoms with van der Waals surface area (Å²) < 4.78 is 19.6. The first-order valence-electron chi connectivity index (χ1n) is 11.4. The summed E-state index contributed by atoms with van der Waals surface area (Å²) in [7, 11) is 1.56. The van der Waals surface area contributed by atoms with Crippen LogP contribution >= 0.6 is 11.6 Å². The Bertz CT molecular complexity index is 1380. The summed E-state index contributed by atoms with van der Waals surface area (Å²) in [6.07, 6.45) is 5.46. The predicted octanol–water partition coefficient (Wildman–Crippen LogP) is 6.24. The van der Waals surface area contributed by atoms with Gasteiger partial charge in [0.2, 0.25) is 5.88 Å². The van der Waals surface area contributed by atoms with E-state index >= 15 is 0 Å². The summed E-state index contributed by atoms with van der Waals surface area (Å²) >= 11 is 6.26. The van der Waals surface area contributed by atoms with Crippen molar-refractivity contribution >= 4 is 23.3 Å². The van der Waals surface area contributed by atoms with Gasteiger partial charge in [-0.25, -0.2) is 0 Å². The molecule has 5 rings (SSSR count). The molecule has 35 heavy (non-hydrogen) atoms. The number of allylic oxidation sites excluding steroid dienone is 3. The molecular formula is C28H23ClN2O4. The van der Waals surface area contributed by atoms with Gasteiger partial charge in [-0.1, -0.05) is 35.9 Å². The van der Waals surface area contributed by atoms with Gasteiger partial charge in [-0.2, -0.15) is 5.26 Å². The highest BCUT2D eigenvalue weighted by molar-refractivity contribution is 6.31. The third kappa shape index (κ3) is 4.31. The quantitative estimate of drug-likeness (QED) is 0.412. The largest absolute Gasteiger partial charge is 0.493 e. The van der Waals surface area contributed by atoms with Gasteiger partial charge in [0.25, 0.3) is 0 Å². The summed E-state index contributed by atoms with van der Waals surface area (Å²) in [5.41, 5.74) is 2.55. The van der Waals surface area contributed by atoms with Crippen LogP contribution in [0.3, 0.4) is 0 Å². The van der Waals surface area contributed by atoms with Crippen LogP contribution < -0.4 is 9.47 Å². The van der Waals surface area contributed by atoms with E-state index in [0.29, 0.717) is 52.2 Å². The predicted molar refractivity (Wildman–Crippen MR) is 132 cm³/mol. The monoisotopic (exact) mass is 486 g/mol. The molecule has 2 heterocycles. The van der Waals surface area contributed by atoms with Gasteiger partial charge in [-0.05, 0) is 42.3 Å². The van der Waals surface area contributed by atoms with Crippen LogP contribution in [-0.4, -0.2) is 17.5 Å². The van der Waals surface area contributed by atoms with Crippen molar-refractivity contribution in [3.8, 4) is 17.6 Å². The van der Waals surface area contributed by atoms with E-state index in [2.05, 4.69) is 6.07 Å². The van der Waals surface area contributed by atoms with Crippen LogP contribution in [0, 0.1) is 11.3 Å². The van der Waals surface area contributed by atoms with E-state index in [9.17, 15) is 10.1 Å². The van der Waals surface area contributed by atoms with Gasteiger partial charge < -0.3 is 14.2 Å². The van der Waals surface area contributed by atoms with E-state index in [4.69, 9.17) is 25.8 Å². The molecule has 0 saturated heterocycles. The lowest BCUT2D eigenvalue weighted by Crippen LogP contribution is -2.26. The minimum Gasteiger partial charge on any atom is -0.493 e. The Hall–Kier alpha value is -3.95. The molecule has 6 nitrogen and oxygen atoms in total. The summed E-state index contributed by atoms with van der Waals surface area (Å²) in [5, 5.41) is 10.8. The zero-order valence-corrected chi connectivity index (χ0v) is 19.9. The van der Waals surface area contributed by atoms with Crippen molar-refractivity contribution in [2.24, 2.45) is 0 Å². The lowest BCUT2D eigenvalue weighted by molar-refractivity contribution is -0.116. The summed E-state index contributed by atoms with van der Waals surface area (Å²) in [6, 6.07) is 19.0. The number of halogens is 1. The Balaban J connectivity index is 1.56. The Morgan fingerprint density at radius 1 is 1.11 bits per heavy atom. The van der Waals surface area contributed by atoms with Crippen molar-refractivity contribution in [3.63, 3.8) is 0 Å². The maximum atomic E-state index is 13.0. The molecule has 0 saturated carbocycles. The zero-order valence-electron chi connectivity index (χ0n) is 19.2. The number of nitriles is 1. The Morgan fingerprint density at radius 2 is 1.91 bits per heavy atom. The number of ketones is 1. The molecule has 176 valence electrons. The van der Waals surface area contributed by atoms with Crippen LogP contribution in [0.5, 0.6) is 11.5 Å². The number of carbonyl (C=O) groups is 1. The topological polar surface area (TPSA) is 73.5 Å². The fraction of sp³-hybridized carbons (Fsp3) is 0.214. The van der Waals surface area contributed by atoms with Crippen LogP contribution in [0.25, 0.3) is 5.88 Å². The molecule has 0 N–H and O–H groups in total. The molecule has 1 atom stereocenters. The molecule has 1 aliphatic carbocycles. The average Bonchev–Trinajstić information content (AvgIpc) is 3.42. The van der Waals surface area contributed by atoms with Gasteiger partial charge in [0, 0.05) is 41.4 Å². The van der Waals surface area contributed by atoms with Crippen LogP contribution in [0.4, 0.5) is 0 Å². The second kappa shape index (κ2) is 9.73. The lowest BCUT2D eigenvalue weighted by Gasteiger charge is -2.32. The van der Waals surface area contributed by atoms with Crippen molar-refractivity contribution < 1.29 is 19.0 Å². The number of methoxy groups -OCH3 is 1. The van der Waals surface area contributed by atoms with Crippen molar-refractivity contribution in [2.75, 3.05) is 7.11 Å². The molecule has 2 aliphatic rings. The number of nitrogens with zero attached hydrogens (tertiary/aromatic N) is 2. The first-order chi connectivity index (χ1) is 17.1. The smallest absolute Gasteiger partial charge is 0.218 e. The maximum absolute atomic E-state index is 13.0. The number of aromatic nitrogens is 1. The second-order valence-corrected chi connectivity index (χ2v) is 8.77. The van der Waals surface area contributed by atoms with Crippen LogP contribution in [0.1, 0.15) is 36.3 Å². The molecule has 0 spiro atoms. The standard InChI is InChI=1S/C28H23ClN2O4/c1-33-25-15-18(11-12-23(25)34-17-19-7-2-3-8-21(19)29)26-20(16-30)28(31-13-4-5-14-31)35-24-10-6-9-22(32)27(24)26/h2-5,7-8,11-15,26H,6,9-10,17H2,1H3. The molecule has 2 aromatic carbocycles. The Labute approximate surface area is 208 Å². The number of carbonyl (C=O) groups excluding carboxylic acids is 1. The fourth-order valence-electron chi connectivity index (χ4n) is 4.56. The lowest BCUT2D eigenvalue weighted by atomic mass is 9.77. The van der Waals surface area contributed by atoms with Gasteiger partial charge in [-0.15, -0.1) is 0 Å². The van der Waals surface area contributed by atoms with Crippen LogP contribution in [-0.2, 0) is 16.1 Å². The highest BCUT2D eigenvalue weighted by Crippen LogP contribution is 2.47. The Kier molecular flexibility index (Phi) is 6.35. The SMILES string of the molecule is COc1cc(C2C(C#N)=C(n3cccc3)OC3=C2C(=O)CCC3)ccc1OCc1ccccc1Cl. The average molecular weight is 487 g/mol. The van der Waals surface area contributed by atoms with Crippen molar-refractivity contribution in [2.45, 2.75) is 31.8 Å². The van der Waals surface area contributed by atoms with Gasteiger partial charge >= 0.3 is 0 Å². The van der Waals surface area contributed by atoms with Crippen LogP contribution in [0.15, 0.2) is 83.9 Å². The molecule has 1 aliphatic heterocycles. The summed E-state index contributed by atoms with van der Waals surface area (Å²) in [6.45, 7) is 0.279. The molecule has 0 amide bonds. The van der Waals surface area contributed by atoms with Crippen molar-refractivity contribution in [3.05, 3.63) is 100 Å². The Morgan fingerprint density at radius 3 is 2.66 bits per heavy atom. The third-order valence-corrected chi connectivity index (χ3v) is 6.63. The van der Waals surface area contributed by atoms with Gasteiger partial charge in [0.1, 0.15) is 24.0 Å². The van der Waals surface area contributed by atoms with E-state index in [1.54, 1.807) is 17.7 Å². The molecule has 0 fully saturated rings. The number of Topliss-reactive ketones (excluding diaryl/α,β-unsaturated/α-hetero) is 1. The zero-order chi connectivity index (χ0) is 24.4. The number of ether oxygens (including phenoxy) is 3. The molecular weight excluding hydrogens is 464 g/mol. The van der Waals surface area contributed by atoms with E-state index in [-0.39, 0.29) is 12.4 Å². The molecule has 3 aromatic rings. The van der Waals surface area contributed by atoms with Gasteiger partial charge in [0.15, 0.2) is 17.3 Å². The maximum Gasteiger partial charge on any atom is 0.218 e. The number of hydrogen-bond donors (Lipinski definition) is 0.